The minimum atomic E-state index is -1.10. The zero-order chi connectivity index (χ0) is 27.4. The van der Waals surface area contributed by atoms with E-state index in [1.54, 1.807) is 46.3 Å². The van der Waals surface area contributed by atoms with E-state index in [2.05, 4.69) is 0 Å². The zero-order valence-corrected chi connectivity index (χ0v) is 23.0. The van der Waals surface area contributed by atoms with Gasteiger partial charge < -0.3 is 33.9 Å². The molecule has 0 aliphatic carbocycles. The lowest BCUT2D eigenvalue weighted by Gasteiger charge is -2.31. The normalized spacial score (nSPS) is 18.2. The van der Waals surface area contributed by atoms with Crippen molar-refractivity contribution < 1.29 is 38.7 Å². The number of rotatable bonds is 12. The van der Waals surface area contributed by atoms with Gasteiger partial charge in [-0.2, -0.15) is 0 Å². The highest BCUT2D eigenvalue weighted by atomic mass is 16.5. The molecule has 2 N–H and O–H groups in total. The van der Waals surface area contributed by atoms with Crippen LogP contribution in [0.3, 0.4) is 0 Å². The van der Waals surface area contributed by atoms with Crippen LogP contribution < -0.4 is 23.7 Å². The molecular formula is C29H40O8. The highest BCUT2D eigenvalue weighted by molar-refractivity contribution is 6.03. The fourth-order valence-electron chi connectivity index (χ4n) is 4.79. The molecule has 1 heterocycles. The number of methoxy groups -OCH3 is 4. The molecule has 3 rings (SSSR count). The first-order valence-electron chi connectivity index (χ1n) is 12.6. The van der Waals surface area contributed by atoms with Gasteiger partial charge in [0.05, 0.1) is 46.1 Å². The molecule has 8 nitrogen and oxygen atoms in total. The van der Waals surface area contributed by atoms with Crippen molar-refractivity contribution in [1.82, 2.24) is 0 Å². The van der Waals surface area contributed by atoms with Gasteiger partial charge in [0.1, 0.15) is 28.9 Å². The lowest BCUT2D eigenvalue weighted by Crippen LogP contribution is -2.30. The maximum absolute atomic E-state index is 13.4. The van der Waals surface area contributed by atoms with Crippen molar-refractivity contribution in [3.8, 4) is 28.7 Å². The number of benzene rings is 2. The average molecular weight is 517 g/mol. The number of fused-ring (bicyclic) bond motifs is 1. The lowest BCUT2D eigenvalue weighted by molar-refractivity contribution is 0.0194. The number of carbonyl (C=O) groups is 1. The van der Waals surface area contributed by atoms with E-state index in [9.17, 15) is 15.0 Å². The summed E-state index contributed by atoms with van der Waals surface area (Å²) in [5.41, 5.74) is -0.119. The van der Waals surface area contributed by atoms with Crippen LogP contribution >= 0.6 is 0 Å². The first-order chi connectivity index (χ1) is 17.5. The smallest absolute Gasteiger partial charge is 0.174 e. The Balaban J connectivity index is 1.92. The number of carbonyl (C=O) groups excluding carboxylic acids is 1. The molecule has 0 saturated carbocycles. The second-order valence-corrected chi connectivity index (χ2v) is 10.2. The predicted octanol–water partition coefficient (Wildman–Crippen LogP) is 5.05. The van der Waals surface area contributed by atoms with E-state index in [-0.39, 0.29) is 18.6 Å². The summed E-state index contributed by atoms with van der Waals surface area (Å²) in [5, 5.41) is 21.5. The predicted molar refractivity (Wildman–Crippen MR) is 141 cm³/mol. The number of ether oxygens (including phenoxy) is 5. The average Bonchev–Trinajstić information content (AvgIpc) is 2.87. The summed E-state index contributed by atoms with van der Waals surface area (Å²) >= 11 is 0. The van der Waals surface area contributed by atoms with Crippen molar-refractivity contribution in [2.45, 2.75) is 76.6 Å². The fourth-order valence-corrected chi connectivity index (χ4v) is 4.79. The van der Waals surface area contributed by atoms with Crippen LogP contribution in [0.1, 0.15) is 80.5 Å². The van der Waals surface area contributed by atoms with E-state index in [1.807, 2.05) is 13.0 Å². The molecule has 204 valence electrons. The van der Waals surface area contributed by atoms with Gasteiger partial charge in [-0.05, 0) is 57.2 Å². The molecule has 0 amide bonds. The minimum absolute atomic E-state index is 0.118. The van der Waals surface area contributed by atoms with E-state index in [1.165, 1.54) is 14.2 Å². The van der Waals surface area contributed by atoms with Crippen LogP contribution in [0.15, 0.2) is 24.3 Å². The molecule has 0 spiro atoms. The molecule has 2 aromatic rings. The van der Waals surface area contributed by atoms with Gasteiger partial charge in [-0.3, -0.25) is 4.79 Å². The second kappa shape index (κ2) is 11.6. The summed E-state index contributed by atoms with van der Waals surface area (Å²) in [6, 6.07) is 7.12. The summed E-state index contributed by atoms with van der Waals surface area (Å²) in [5.74, 6) is 2.21. The van der Waals surface area contributed by atoms with Gasteiger partial charge in [0.15, 0.2) is 17.3 Å². The summed E-state index contributed by atoms with van der Waals surface area (Å²) in [7, 11) is 6.16. The molecule has 1 aliphatic rings. The first kappa shape index (κ1) is 28.6. The van der Waals surface area contributed by atoms with E-state index in [4.69, 9.17) is 23.7 Å². The third-order valence-electron chi connectivity index (χ3n) is 7.18. The number of aliphatic hydroxyl groups is 2. The Labute approximate surface area is 219 Å². The molecule has 0 radical (unpaired) electrons. The third kappa shape index (κ3) is 6.48. The Hall–Kier alpha value is -2.97. The maximum atomic E-state index is 13.4. The molecule has 2 aromatic carbocycles. The Morgan fingerprint density at radius 3 is 2.16 bits per heavy atom. The van der Waals surface area contributed by atoms with Crippen LogP contribution in [0.2, 0.25) is 0 Å². The highest BCUT2D eigenvalue weighted by Gasteiger charge is 2.36. The largest absolute Gasteiger partial charge is 0.496 e. The van der Waals surface area contributed by atoms with Crippen LogP contribution in [0.4, 0.5) is 0 Å². The molecule has 37 heavy (non-hydrogen) atoms. The quantitative estimate of drug-likeness (QED) is 0.404. The number of hydrogen-bond donors (Lipinski definition) is 2. The first-order valence-corrected chi connectivity index (χ1v) is 12.6. The molecule has 1 aliphatic heterocycles. The monoisotopic (exact) mass is 516 g/mol. The van der Waals surface area contributed by atoms with Crippen LogP contribution in [0.25, 0.3) is 0 Å². The molecule has 0 fully saturated rings. The minimum Gasteiger partial charge on any atom is -0.496 e. The molecule has 0 bridgehead atoms. The fraction of sp³-hybridized carbons (Fsp3) is 0.552. The van der Waals surface area contributed by atoms with Crippen molar-refractivity contribution in [2.24, 2.45) is 0 Å². The van der Waals surface area contributed by atoms with Crippen molar-refractivity contribution >= 4 is 5.78 Å². The van der Waals surface area contributed by atoms with Gasteiger partial charge in [-0.25, -0.2) is 0 Å². The number of ketones is 1. The summed E-state index contributed by atoms with van der Waals surface area (Å²) in [4.78, 5) is 13.4. The van der Waals surface area contributed by atoms with Gasteiger partial charge in [-0.1, -0.05) is 13.0 Å². The van der Waals surface area contributed by atoms with E-state index < -0.39 is 17.3 Å². The van der Waals surface area contributed by atoms with Crippen molar-refractivity contribution in [3.63, 3.8) is 0 Å². The van der Waals surface area contributed by atoms with Gasteiger partial charge >= 0.3 is 0 Å². The summed E-state index contributed by atoms with van der Waals surface area (Å²) in [6.07, 6.45) is 2.17. The Morgan fingerprint density at radius 2 is 1.57 bits per heavy atom. The Morgan fingerprint density at radius 1 is 0.919 bits per heavy atom. The van der Waals surface area contributed by atoms with Crippen molar-refractivity contribution in [2.75, 3.05) is 28.4 Å². The van der Waals surface area contributed by atoms with E-state index in [0.29, 0.717) is 65.6 Å². The SMILES string of the molecule is CCC(C)(O)CCCC(C)(O)Cc1c(OC)cc2c(c1OC)C(=O)CC(c1ccc(OC)c(OC)c1)O2. The molecule has 3 atom stereocenters. The van der Waals surface area contributed by atoms with Gasteiger partial charge in [0.2, 0.25) is 0 Å². The standard InChI is InChI=1S/C29H40O8/c1-8-28(2,31)12-9-13-29(3,32)17-19-23(34-5)16-25-26(27(19)36-7)20(30)15-22(37-25)18-10-11-21(33-4)24(14-18)35-6/h10-11,14,16,22,31-32H,8-9,12-13,15,17H2,1-7H3. The highest BCUT2D eigenvalue weighted by Crippen LogP contribution is 2.47. The van der Waals surface area contributed by atoms with Crippen LogP contribution in [0, 0.1) is 0 Å². The van der Waals surface area contributed by atoms with Gasteiger partial charge in [-0.15, -0.1) is 0 Å². The molecule has 0 saturated heterocycles. The van der Waals surface area contributed by atoms with Crippen molar-refractivity contribution in [1.29, 1.82) is 0 Å². The van der Waals surface area contributed by atoms with E-state index >= 15 is 0 Å². The number of hydrogen-bond acceptors (Lipinski definition) is 8. The Kier molecular flexibility index (Phi) is 8.97. The van der Waals surface area contributed by atoms with E-state index in [0.717, 1.165) is 5.56 Å². The number of Topliss-reactive ketones (excluding diaryl/α,β-unsaturated/α-hetero) is 1. The zero-order valence-electron chi connectivity index (χ0n) is 23.0. The topological polar surface area (TPSA) is 104 Å². The van der Waals surface area contributed by atoms with Crippen LogP contribution in [-0.4, -0.2) is 55.6 Å². The molecular weight excluding hydrogens is 476 g/mol. The summed E-state index contributed by atoms with van der Waals surface area (Å²) in [6.45, 7) is 5.49. The van der Waals surface area contributed by atoms with Crippen LogP contribution in [0.5, 0.6) is 28.7 Å². The summed E-state index contributed by atoms with van der Waals surface area (Å²) < 4.78 is 28.4. The Bertz CT molecular complexity index is 1110. The molecule has 8 heteroatoms. The van der Waals surface area contributed by atoms with Crippen LogP contribution in [-0.2, 0) is 6.42 Å². The second-order valence-electron chi connectivity index (χ2n) is 10.2. The van der Waals surface area contributed by atoms with Crippen molar-refractivity contribution in [3.05, 3.63) is 41.0 Å². The van der Waals surface area contributed by atoms with Gasteiger partial charge in [0.25, 0.3) is 0 Å². The van der Waals surface area contributed by atoms with Gasteiger partial charge in [0, 0.05) is 18.1 Å². The molecule has 3 unspecified atom stereocenters. The lowest BCUT2D eigenvalue weighted by atomic mass is 9.85. The molecule has 0 aromatic heterocycles. The third-order valence-corrected chi connectivity index (χ3v) is 7.18. The maximum Gasteiger partial charge on any atom is 0.174 e.